The Kier molecular flexibility index (Phi) is 5.10. The number of hydrogen-bond acceptors (Lipinski definition) is 3. The molecule has 0 unspecified atom stereocenters. The molecule has 2 N–H and O–H groups in total. The predicted octanol–water partition coefficient (Wildman–Crippen LogP) is 5.69. The van der Waals surface area contributed by atoms with Crippen molar-refractivity contribution in [2.45, 2.75) is 25.6 Å². The second-order valence-corrected chi connectivity index (χ2v) is 7.79. The summed E-state index contributed by atoms with van der Waals surface area (Å²) in [5.41, 5.74) is 5.41. The summed E-state index contributed by atoms with van der Waals surface area (Å²) >= 11 is 3.49. The lowest BCUT2D eigenvalue weighted by Gasteiger charge is -2.31. The van der Waals surface area contributed by atoms with Crippen LogP contribution in [0.1, 0.15) is 40.9 Å². The lowest BCUT2D eigenvalue weighted by atomic mass is 9.93. The van der Waals surface area contributed by atoms with E-state index in [1.165, 1.54) is 5.56 Å². The average molecular weight is 421 g/mol. The number of para-hydroxylation sites is 1. The van der Waals surface area contributed by atoms with E-state index in [4.69, 9.17) is 4.99 Å². The summed E-state index contributed by atoms with van der Waals surface area (Å²) in [4.78, 5) is 5.00. The fraction of sp³-hybridized carbons (Fsp3) is 0.174. The molecule has 1 aliphatic rings. The second-order valence-electron chi connectivity index (χ2n) is 6.88. The van der Waals surface area contributed by atoms with E-state index in [1.54, 1.807) is 6.07 Å². The molecule has 0 saturated heterocycles. The van der Waals surface area contributed by atoms with Gasteiger partial charge in [-0.15, -0.1) is 0 Å². The zero-order chi connectivity index (χ0) is 18.8. The van der Waals surface area contributed by atoms with Crippen molar-refractivity contribution in [3.63, 3.8) is 0 Å². The van der Waals surface area contributed by atoms with Crippen molar-refractivity contribution in [3.8, 4) is 5.75 Å². The van der Waals surface area contributed by atoms with Gasteiger partial charge in [0, 0.05) is 28.2 Å². The highest BCUT2D eigenvalue weighted by atomic mass is 79.9. The number of benzene rings is 3. The van der Waals surface area contributed by atoms with Crippen LogP contribution in [0.4, 0.5) is 0 Å². The summed E-state index contributed by atoms with van der Waals surface area (Å²) in [6.45, 7) is 2.09. The highest BCUT2D eigenvalue weighted by molar-refractivity contribution is 9.10. The number of rotatable bonds is 3. The zero-order valence-corrected chi connectivity index (χ0v) is 16.6. The molecule has 1 aliphatic heterocycles. The standard InChI is InChI=1S/C23H21BrN2O/c1-15-6-8-16(9-7-15)20-14-21(19-4-2-3-5-22(19)27)26-23(25-20)17-10-12-18(24)13-11-17/h2-13,21,23,26-27H,14H2,1H3/t21-,23-/m1/s1. The second kappa shape index (κ2) is 7.67. The molecule has 0 bridgehead atoms. The van der Waals surface area contributed by atoms with Gasteiger partial charge in [-0.3, -0.25) is 10.3 Å². The largest absolute Gasteiger partial charge is 0.508 e. The molecule has 4 rings (SSSR count). The van der Waals surface area contributed by atoms with E-state index in [9.17, 15) is 5.11 Å². The van der Waals surface area contributed by atoms with Crippen LogP contribution < -0.4 is 5.32 Å². The molecule has 0 aliphatic carbocycles. The first-order chi connectivity index (χ1) is 13.1. The maximum atomic E-state index is 10.4. The van der Waals surface area contributed by atoms with Crippen LogP contribution in [0.3, 0.4) is 0 Å². The van der Waals surface area contributed by atoms with Gasteiger partial charge in [-0.2, -0.15) is 0 Å². The van der Waals surface area contributed by atoms with Gasteiger partial charge in [0.15, 0.2) is 0 Å². The number of phenolic OH excluding ortho intramolecular Hbond substituents is 1. The Bertz CT molecular complexity index is 964. The minimum Gasteiger partial charge on any atom is -0.508 e. The Morgan fingerprint density at radius 3 is 2.37 bits per heavy atom. The van der Waals surface area contributed by atoms with Crippen LogP contribution in [-0.2, 0) is 0 Å². The van der Waals surface area contributed by atoms with Gasteiger partial charge in [0.1, 0.15) is 11.9 Å². The zero-order valence-electron chi connectivity index (χ0n) is 15.1. The summed E-state index contributed by atoms with van der Waals surface area (Å²) in [6, 6.07) is 24.2. The van der Waals surface area contributed by atoms with Crippen molar-refractivity contribution in [2.75, 3.05) is 0 Å². The van der Waals surface area contributed by atoms with Gasteiger partial charge in [0.25, 0.3) is 0 Å². The lowest BCUT2D eigenvalue weighted by molar-refractivity contribution is 0.412. The topological polar surface area (TPSA) is 44.6 Å². The Labute approximate surface area is 167 Å². The number of nitrogens with one attached hydrogen (secondary N) is 1. The van der Waals surface area contributed by atoms with Gasteiger partial charge in [-0.1, -0.05) is 76.1 Å². The minimum atomic E-state index is -0.159. The van der Waals surface area contributed by atoms with E-state index in [0.29, 0.717) is 5.75 Å². The predicted molar refractivity (Wildman–Crippen MR) is 113 cm³/mol. The van der Waals surface area contributed by atoms with Gasteiger partial charge < -0.3 is 5.11 Å². The Hall–Kier alpha value is -2.43. The summed E-state index contributed by atoms with van der Waals surface area (Å²) in [5, 5.41) is 14.0. The molecule has 1 heterocycles. The van der Waals surface area contributed by atoms with Crippen LogP contribution in [0.25, 0.3) is 0 Å². The van der Waals surface area contributed by atoms with Gasteiger partial charge >= 0.3 is 0 Å². The molecule has 0 radical (unpaired) electrons. The summed E-state index contributed by atoms with van der Waals surface area (Å²) in [6.07, 6.45) is 0.570. The summed E-state index contributed by atoms with van der Waals surface area (Å²) < 4.78 is 1.04. The average Bonchev–Trinajstić information content (AvgIpc) is 2.69. The number of hydrogen-bond donors (Lipinski definition) is 2. The first-order valence-corrected chi connectivity index (χ1v) is 9.82. The van der Waals surface area contributed by atoms with Crippen molar-refractivity contribution in [1.82, 2.24) is 5.32 Å². The van der Waals surface area contributed by atoms with Crippen molar-refractivity contribution >= 4 is 21.6 Å². The van der Waals surface area contributed by atoms with Crippen LogP contribution in [-0.4, -0.2) is 10.8 Å². The molecule has 3 aromatic rings. The van der Waals surface area contributed by atoms with E-state index in [2.05, 4.69) is 64.6 Å². The van der Waals surface area contributed by atoms with E-state index in [-0.39, 0.29) is 12.2 Å². The SMILES string of the molecule is Cc1ccc(C2=N[C@@H](c3ccc(Br)cc3)N[C@@H](c3ccccc3O)C2)cc1. The normalized spacial score (nSPS) is 19.6. The summed E-state index contributed by atoms with van der Waals surface area (Å²) in [5.74, 6) is 0.315. The molecule has 0 aromatic heterocycles. The van der Waals surface area contributed by atoms with Crippen LogP contribution in [0.2, 0.25) is 0 Å². The van der Waals surface area contributed by atoms with Crippen molar-refractivity contribution in [2.24, 2.45) is 4.99 Å². The van der Waals surface area contributed by atoms with E-state index in [0.717, 1.165) is 33.3 Å². The van der Waals surface area contributed by atoms with Crippen LogP contribution in [0, 0.1) is 6.92 Å². The fourth-order valence-electron chi connectivity index (χ4n) is 3.42. The van der Waals surface area contributed by atoms with E-state index >= 15 is 0 Å². The van der Waals surface area contributed by atoms with Gasteiger partial charge in [-0.05, 0) is 36.2 Å². The first-order valence-electron chi connectivity index (χ1n) is 9.03. The molecule has 3 nitrogen and oxygen atoms in total. The maximum Gasteiger partial charge on any atom is 0.126 e. The Morgan fingerprint density at radius 2 is 1.67 bits per heavy atom. The molecule has 2 atom stereocenters. The third-order valence-electron chi connectivity index (χ3n) is 4.92. The minimum absolute atomic E-state index is 0.00588. The number of aliphatic imine (C=N–C) groups is 1. The number of aryl methyl sites for hydroxylation is 1. The monoisotopic (exact) mass is 420 g/mol. The number of nitrogens with zero attached hydrogens (tertiary/aromatic N) is 1. The van der Waals surface area contributed by atoms with Crippen LogP contribution >= 0.6 is 15.9 Å². The third-order valence-corrected chi connectivity index (χ3v) is 5.45. The molecule has 0 saturated carbocycles. The van der Waals surface area contributed by atoms with Crippen LogP contribution in [0.15, 0.2) is 82.3 Å². The first kappa shape index (κ1) is 18.0. The molecule has 0 spiro atoms. The smallest absolute Gasteiger partial charge is 0.126 e. The molecule has 4 heteroatoms. The molecule has 27 heavy (non-hydrogen) atoms. The Balaban J connectivity index is 1.75. The quantitative estimate of drug-likeness (QED) is 0.571. The number of halogens is 1. The number of phenols is 1. The molecular formula is C23H21BrN2O. The van der Waals surface area contributed by atoms with Crippen molar-refractivity contribution < 1.29 is 5.11 Å². The molecule has 0 fully saturated rings. The van der Waals surface area contributed by atoms with E-state index in [1.807, 2.05) is 30.3 Å². The van der Waals surface area contributed by atoms with Gasteiger partial charge in [0.05, 0.1) is 0 Å². The van der Waals surface area contributed by atoms with Crippen LogP contribution in [0.5, 0.6) is 5.75 Å². The summed E-state index contributed by atoms with van der Waals surface area (Å²) in [7, 11) is 0. The van der Waals surface area contributed by atoms with Gasteiger partial charge in [-0.25, -0.2) is 0 Å². The maximum absolute atomic E-state index is 10.4. The lowest BCUT2D eigenvalue weighted by Crippen LogP contribution is -2.33. The molecule has 136 valence electrons. The van der Waals surface area contributed by atoms with Crippen molar-refractivity contribution in [3.05, 3.63) is 99.5 Å². The molecule has 0 amide bonds. The fourth-order valence-corrected chi connectivity index (χ4v) is 3.69. The Morgan fingerprint density at radius 1 is 0.963 bits per heavy atom. The highest BCUT2D eigenvalue weighted by Gasteiger charge is 2.27. The van der Waals surface area contributed by atoms with Gasteiger partial charge in [0.2, 0.25) is 0 Å². The van der Waals surface area contributed by atoms with Crippen molar-refractivity contribution in [1.29, 1.82) is 0 Å². The third kappa shape index (κ3) is 3.97. The van der Waals surface area contributed by atoms with E-state index < -0.39 is 0 Å². The number of aromatic hydroxyl groups is 1. The highest BCUT2D eigenvalue weighted by Crippen LogP contribution is 2.34. The molecule has 3 aromatic carbocycles. The molecular weight excluding hydrogens is 400 g/mol.